The number of rotatable bonds is 5. The second-order valence-corrected chi connectivity index (χ2v) is 5.73. The summed E-state index contributed by atoms with van der Waals surface area (Å²) >= 11 is 0. The second-order valence-electron chi connectivity index (χ2n) is 3.69. The molecule has 1 heterocycles. The summed E-state index contributed by atoms with van der Waals surface area (Å²) in [6.45, 7) is 4.59. The number of hydrogen-bond donors (Lipinski definition) is 0. The second kappa shape index (κ2) is 5.79. The van der Waals surface area contributed by atoms with Gasteiger partial charge in [0.25, 0.3) is 10.2 Å². The fraction of sp³-hybridized carbons (Fsp3) is 1.00. The van der Waals surface area contributed by atoms with Gasteiger partial charge in [-0.1, -0.05) is 13.3 Å². The minimum Gasteiger partial charge on any atom is -0.379 e. The molecule has 0 aliphatic carbocycles. The Labute approximate surface area is 92.2 Å². The van der Waals surface area contributed by atoms with Crippen LogP contribution in [0.3, 0.4) is 0 Å². The van der Waals surface area contributed by atoms with Crippen molar-refractivity contribution in [2.45, 2.75) is 19.8 Å². The zero-order chi connectivity index (χ0) is 11.3. The lowest BCUT2D eigenvalue weighted by atomic mass is 10.3. The molecular weight excluding hydrogens is 216 g/mol. The Morgan fingerprint density at radius 3 is 2.47 bits per heavy atom. The van der Waals surface area contributed by atoms with Crippen molar-refractivity contribution in [2.75, 3.05) is 39.9 Å². The van der Waals surface area contributed by atoms with Crippen LogP contribution in [0.2, 0.25) is 0 Å². The summed E-state index contributed by atoms with van der Waals surface area (Å²) < 4.78 is 32.0. The van der Waals surface area contributed by atoms with Gasteiger partial charge in [-0.25, -0.2) is 0 Å². The van der Waals surface area contributed by atoms with Crippen molar-refractivity contribution >= 4 is 10.2 Å². The monoisotopic (exact) mass is 236 g/mol. The van der Waals surface area contributed by atoms with E-state index in [9.17, 15) is 8.42 Å². The summed E-state index contributed by atoms with van der Waals surface area (Å²) in [7, 11) is -1.61. The average Bonchev–Trinajstić information content (AvgIpc) is 2.27. The molecule has 0 saturated carbocycles. The van der Waals surface area contributed by atoms with Crippen LogP contribution >= 0.6 is 0 Å². The molecule has 0 N–H and O–H groups in total. The summed E-state index contributed by atoms with van der Waals surface area (Å²) in [6, 6.07) is 0. The summed E-state index contributed by atoms with van der Waals surface area (Å²) in [5.41, 5.74) is 0. The maximum Gasteiger partial charge on any atom is 0.281 e. The van der Waals surface area contributed by atoms with Crippen molar-refractivity contribution < 1.29 is 13.2 Å². The molecule has 6 heteroatoms. The molecule has 0 bridgehead atoms. The van der Waals surface area contributed by atoms with Gasteiger partial charge in [-0.2, -0.15) is 17.0 Å². The van der Waals surface area contributed by atoms with Gasteiger partial charge in [0, 0.05) is 26.7 Å². The maximum atomic E-state index is 12.0. The molecule has 1 aliphatic rings. The van der Waals surface area contributed by atoms with E-state index in [-0.39, 0.29) is 0 Å². The zero-order valence-corrected chi connectivity index (χ0v) is 10.3. The van der Waals surface area contributed by atoms with Gasteiger partial charge in [-0.3, -0.25) is 0 Å². The first-order chi connectivity index (χ1) is 7.09. The van der Waals surface area contributed by atoms with Gasteiger partial charge in [0.15, 0.2) is 0 Å². The van der Waals surface area contributed by atoms with E-state index in [1.165, 1.54) is 8.61 Å². The molecule has 0 unspecified atom stereocenters. The number of unbranched alkanes of at least 4 members (excludes halogenated alkanes) is 1. The SMILES string of the molecule is CCCCN(C)S(=O)(=O)N1CCOCC1. The highest BCUT2D eigenvalue weighted by Gasteiger charge is 2.27. The Hall–Kier alpha value is -0.170. The third-order valence-corrected chi connectivity index (χ3v) is 4.50. The van der Waals surface area contributed by atoms with Crippen molar-refractivity contribution in [2.24, 2.45) is 0 Å². The van der Waals surface area contributed by atoms with Crippen LogP contribution in [0, 0.1) is 0 Å². The number of ether oxygens (including phenoxy) is 1. The van der Waals surface area contributed by atoms with Gasteiger partial charge in [0.05, 0.1) is 13.2 Å². The summed E-state index contributed by atoms with van der Waals surface area (Å²) in [5, 5.41) is 0. The molecule has 0 radical (unpaired) electrons. The molecule has 0 atom stereocenters. The fourth-order valence-electron chi connectivity index (χ4n) is 1.47. The summed E-state index contributed by atoms with van der Waals surface area (Å²) in [6.07, 6.45) is 1.91. The Morgan fingerprint density at radius 1 is 1.33 bits per heavy atom. The van der Waals surface area contributed by atoms with Gasteiger partial charge in [0.2, 0.25) is 0 Å². The quantitative estimate of drug-likeness (QED) is 0.689. The van der Waals surface area contributed by atoms with Crippen molar-refractivity contribution in [3.63, 3.8) is 0 Å². The molecule has 1 fully saturated rings. The molecule has 1 aliphatic heterocycles. The molecule has 0 amide bonds. The molecule has 0 spiro atoms. The minimum atomic E-state index is -3.25. The topological polar surface area (TPSA) is 49.9 Å². The van der Waals surface area contributed by atoms with E-state index in [1.54, 1.807) is 7.05 Å². The molecule has 15 heavy (non-hydrogen) atoms. The molecule has 0 aromatic rings. The third kappa shape index (κ3) is 3.41. The normalized spacial score (nSPS) is 19.7. The highest BCUT2D eigenvalue weighted by atomic mass is 32.2. The summed E-state index contributed by atoms with van der Waals surface area (Å²) in [5.74, 6) is 0. The van der Waals surface area contributed by atoms with Gasteiger partial charge >= 0.3 is 0 Å². The minimum absolute atomic E-state index is 0.471. The maximum absolute atomic E-state index is 12.0. The van der Waals surface area contributed by atoms with E-state index in [4.69, 9.17) is 4.74 Å². The van der Waals surface area contributed by atoms with Crippen LogP contribution in [-0.2, 0) is 14.9 Å². The first kappa shape index (κ1) is 12.9. The van der Waals surface area contributed by atoms with E-state index < -0.39 is 10.2 Å². The van der Waals surface area contributed by atoms with Crippen molar-refractivity contribution in [1.82, 2.24) is 8.61 Å². The molecule has 1 saturated heterocycles. The lowest BCUT2D eigenvalue weighted by molar-refractivity contribution is 0.0706. The van der Waals surface area contributed by atoms with E-state index >= 15 is 0 Å². The predicted octanol–water partition coefficient (Wildman–Crippen LogP) is 0.295. The van der Waals surface area contributed by atoms with Crippen molar-refractivity contribution in [1.29, 1.82) is 0 Å². The largest absolute Gasteiger partial charge is 0.379 e. The Bertz CT molecular complexity index is 273. The van der Waals surface area contributed by atoms with Gasteiger partial charge in [0.1, 0.15) is 0 Å². The third-order valence-electron chi connectivity index (χ3n) is 2.52. The zero-order valence-electron chi connectivity index (χ0n) is 9.48. The number of morpholine rings is 1. The smallest absolute Gasteiger partial charge is 0.281 e. The van der Waals surface area contributed by atoms with E-state index in [2.05, 4.69) is 6.92 Å². The van der Waals surface area contributed by atoms with Crippen LogP contribution in [0.25, 0.3) is 0 Å². The highest BCUT2D eigenvalue weighted by molar-refractivity contribution is 7.86. The van der Waals surface area contributed by atoms with Crippen LogP contribution in [0.1, 0.15) is 19.8 Å². The van der Waals surface area contributed by atoms with Crippen LogP contribution in [0.5, 0.6) is 0 Å². The molecular formula is C9H20N2O3S. The van der Waals surface area contributed by atoms with Crippen LogP contribution < -0.4 is 0 Å². The Balaban J connectivity index is 2.55. The first-order valence-corrected chi connectivity index (χ1v) is 6.78. The number of nitrogens with zero attached hydrogens (tertiary/aromatic N) is 2. The standard InChI is InChI=1S/C9H20N2O3S/c1-3-4-5-10(2)15(12,13)11-6-8-14-9-7-11/h3-9H2,1-2H3. The molecule has 0 aromatic carbocycles. The molecule has 5 nitrogen and oxygen atoms in total. The average molecular weight is 236 g/mol. The van der Waals surface area contributed by atoms with Crippen LogP contribution in [0.15, 0.2) is 0 Å². The van der Waals surface area contributed by atoms with E-state index in [0.717, 1.165) is 12.8 Å². The van der Waals surface area contributed by atoms with E-state index in [1.807, 2.05) is 0 Å². The highest BCUT2D eigenvalue weighted by Crippen LogP contribution is 2.09. The fourth-order valence-corrected chi connectivity index (χ4v) is 2.84. The first-order valence-electron chi connectivity index (χ1n) is 5.38. The van der Waals surface area contributed by atoms with Gasteiger partial charge < -0.3 is 4.74 Å². The van der Waals surface area contributed by atoms with E-state index in [0.29, 0.717) is 32.8 Å². The summed E-state index contributed by atoms with van der Waals surface area (Å²) in [4.78, 5) is 0. The molecule has 1 rings (SSSR count). The van der Waals surface area contributed by atoms with Crippen LogP contribution in [-0.4, -0.2) is 56.9 Å². The van der Waals surface area contributed by atoms with Crippen molar-refractivity contribution in [3.8, 4) is 0 Å². The predicted molar refractivity (Wildman–Crippen MR) is 58.8 cm³/mol. The van der Waals surface area contributed by atoms with Gasteiger partial charge in [-0.05, 0) is 6.42 Å². The van der Waals surface area contributed by atoms with Crippen molar-refractivity contribution in [3.05, 3.63) is 0 Å². The molecule has 90 valence electrons. The number of hydrogen-bond acceptors (Lipinski definition) is 3. The molecule has 0 aromatic heterocycles. The lowest BCUT2D eigenvalue weighted by Crippen LogP contribution is -2.47. The van der Waals surface area contributed by atoms with Gasteiger partial charge in [-0.15, -0.1) is 0 Å². The lowest BCUT2D eigenvalue weighted by Gasteiger charge is -2.30. The van der Waals surface area contributed by atoms with Crippen LogP contribution in [0.4, 0.5) is 0 Å². The Kier molecular flexibility index (Phi) is 4.98. The Morgan fingerprint density at radius 2 is 1.93 bits per heavy atom.